The Morgan fingerprint density at radius 2 is 2.33 bits per heavy atom. The van der Waals surface area contributed by atoms with Gasteiger partial charge in [0.1, 0.15) is 17.5 Å². The highest BCUT2D eigenvalue weighted by atomic mass is 32.2. The van der Waals surface area contributed by atoms with Crippen molar-refractivity contribution in [3.05, 3.63) is 22.4 Å². The monoisotopic (exact) mass is 308 g/mol. The van der Waals surface area contributed by atoms with E-state index in [1.165, 1.54) is 11.8 Å². The summed E-state index contributed by atoms with van der Waals surface area (Å²) in [5.74, 6) is 0.897. The SMILES string of the molecule is CCOCc1nc(N)cc(Sc2n[nH]c(=O)n2C2CC2)n1. The van der Waals surface area contributed by atoms with Crippen LogP contribution in [0.5, 0.6) is 0 Å². The molecular formula is C12H16N6O2S. The van der Waals surface area contributed by atoms with E-state index < -0.39 is 0 Å². The largest absolute Gasteiger partial charge is 0.384 e. The maximum atomic E-state index is 11.7. The van der Waals surface area contributed by atoms with Crippen LogP contribution in [0.25, 0.3) is 0 Å². The molecule has 0 aromatic carbocycles. The highest BCUT2D eigenvalue weighted by Crippen LogP contribution is 2.37. The molecule has 0 amide bonds. The predicted molar refractivity (Wildman–Crippen MR) is 77.0 cm³/mol. The van der Waals surface area contributed by atoms with E-state index in [4.69, 9.17) is 10.5 Å². The van der Waals surface area contributed by atoms with Gasteiger partial charge in [0.05, 0.1) is 0 Å². The van der Waals surface area contributed by atoms with Gasteiger partial charge in [-0.2, -0.15) is 0 Å². The summed E-state index contributed by atoms with van der Waals surface area (Å²) in [6.45, 7) is 2.80. The Balaban J connectivity index is 1.84. The van der Waals surface area contributed by atoms with Crippen LogP contribution in [0.4, 0.5) is 5.82 Å². The van der Waals surface area contributed by atoms with Crippen molar-refractivity contribution < 1.29 is 4.74 Å². The second-order valence-corrected chi connectivity index (χ2v) is 5.69. The van der Waals surface area contributed by atoms with Crippen LogP contribution >= 0.6 is 11.8 Å². The van der Waals surface area contributed by atoms with Crippen molar-refractivity contribution in [3.63, 3.8) is 0 Å². The standard InChI is InChI=1S/C12H16N6O2S/c1-2-20-6-9-14-8(13)5-10(15-9)21-12-17-16-11(19)18(12)7-3-4-7/h5,7H,2-4,6H2,1H3,(H,16,19)(H2,13,14,15). The lowest BCUT2D eigenvalue weighted by molar-refractivity contribution is 0.128. The molecule has 1 aliphatic carbocycles. The van der Waals surface area contributed by atoms with Gasteiger partial charge in [0.15, 0.2) is 11.0 Å². The molecule has 9 heteroatoms. The van der Waals surface area contributed by atoms with Crippen LogP contribution in [0.3, 0.4) is 0 Å². The average molecular weight is 308 g/mol. The van der Waals surface area contributed by atoms with Crippen LogP contribution in [0.1, 0.15) is 31.6 Å². The number of nitrogen functional groups attached to an aromatic ring is 1. The second-order valence-electron chi connectivity index (χ2n) is 4.70. The Hall–Kier alpha value is -1.87. The fraction of sp³-hybridized carbons (Fsp3) is 0.500. The number of hydrogen-bond acceptors (Lipinski definition) is 7. The molecule has 8 nitrogen and oxygen atoms in total. The van der Waals surface area contributed by atoms with Crippen molar-refractivity contribution in [2.45, 2.75) is 42.6 Å². The van der Waals surface area contributed by atoms with E-state index in [9.17, 15) is 4.79 Å². The van der Waals surface area contributed by atoms with E-state index in [1.54, 1.807) is 10.6 Å². The summed E-state index contributed by atoms with van der Waals surface area (Å²) < 4.78 is 6.96. The third-order valence-corrected chi connectivity index (χ3v) is 3.87. The number of rotatable bonds is 6. The summed E-state index contributed by atoms with van der Waals surface area (Å²) in [4.78, 5) is 20.2. The Morgan fingerprint density at radius 1 is 1.52 bits per heavy atom. The maximum absolute atomic E-state index is 11.7. The van der Waals surface area contributed by atoms with Gasteiger partial charge in [-0.25, -0.2) is 19.9 Å². The van der Waals surface area contributed by atoms with Crippen molar-refractivity contribution in [1.29, 1.82) is 0 Å². The van der Waals surface area contributed by atoms with Gasteiger partial charge in [0.2, 0.25) is 0 Å². The zero-order valence-corrected chi connectivity index (χ0v) is 12.4. The molecule has 1 fully saturated rings. The summed E-state index contributed by atoms with van der Waals surface area (Å²) in [5.41, 5.74) is 5.60. The number of aromatic amines is 1. The Bertz CT molecular complexity index is 693. The summed E-state index contributed by atoms with van der Waals surface area (Å²) in [6.07, 6.45) is 2.02. The lowest BCUT2D eigenvalue weighted by atomic mass is 10.5. The van der Waals surface area contributed by atoms with E-state index in [-0.39, 0.29) is 11.7 Å². The zero-order valence-electron chi connectivity index (χ0n) is 11.6. The van der Waals surface area contributed by atoms with E-state index >= 15 is 0 Å². The van der Waals surface area contributed by atoms with Gasteiger partial charge in [-0.15, -0.1) is 5.10 Å². The molecule has 0 unspecified atom stereocenters. The molecule has 1 aliphatic rings. The van der Waals surface area contributed by atoms with Gasteiger partial charge in [0.25, 0.3) is 0 Å². The smallest absolute Gasteiger partial charge is 0.344 e. The fourth-order valence-corrected chi connectivity index (χ4v) is 2.85. The van der Waals surface area contributed by atoms with Crippen molar-refractivity contribution in [2.24, 2.45) is 0 Å². The first kappa shape index (κ1) is 14.1. The summed E-state index contributed by atoms with van der Waals surface area (Å²) in [7, 11) is 0. The highest BCUT2D eigenvalue weighted by molar-refractivity contribution is 7.99. The molecule has 2 heterocycles. The van der Waals surface area contributed by atoms with E-state index in [2.05, 4.69) is 20.2 Å². The van der Waals surface area contributed by atoms with E-state index in [1.807, 2.05) is 6.92 Å². The first-order chi connectivity index (χ1) is 10.2. The van der Waals surface area contributed by atoms with Crippen LogP contribution in [0, 0.1) is 0 Å². The quantitative estimate of drug-likeness (QED) is 0.764. The average Bonchev–Trinajstić information content (AvgIpc) is 3.21. The molecule has 112 valence electrons. The summed E-state index contributed by atoms with van der Waals surface area (Å²) in [5, 5.41) is 7.78. The molecule has 21 heavy (non-hydrogen) atoms. The van der Waals surface area contributed by atoms with Gasteiger partial charge in [0, 0.05) is 18.7 Å². The maximum Gasteiger partial charge on any atom is 0.344 e. The Labute approximate surface area is 125 Å². The van der Waals surface area contributed by atoms with Crippen molar-refractivity contribution in [2.75, 3.05) is 12.3 Å². The predicted octanol–water partition coefficient (Wildman–Crippen LogP) is 0.966. The minimum Gasteiger partial charge on any atom is -0.384 e. The lowest BCUT2D eigenvalue weighted by Crippen LogP contribution is -2.16. The van der Waals surface area contributed by atoms with E-state index in [0.717, 1.165) is 12.8 Å². The molecule has 0 saturated heterocycles. The fourth-order valence-electron chi connectivity index (χ4n) is 1.91. The Kier molecular flexibility index (Phi) is 3.93. The molecule has 3 rings (SSSR count). The summed E-state index contributed by atoms with van der Waals surface area (Å²) in [6, 6.07) is 1.91. The number of H-pyrrole nitrogens is 1. The van der Waals surface area contributed by atoms with Crippen molar-refractivity contribution in [1.82, 2.24) is 24.7 Å². The summed E-state index contributed by atoms with van der Waals surface area (Å²) >= 11 is 1.30. The number of nitrogens with two attached hydrogens (primary N) is 1. The number of anilines is 1. The van der Waals surface area contributed by atoms with Gasteiger partial charge in [-0.05, 0) is 31.5 Å². The van der Waals surface area contributed by atoms with Crippen molar-refractivity contribution >= 4 is 17.6 Å². The van der Waals surface area contributed by atoms with E-state index in [0.29, 0.717) is 35.0 Å². The molecule has 2 aromatic heterocycles. The minimum absolute atomic E-state index is 0.184. The van der Waals surface area contributed by atoms with Crippen LogP contribution in [-0.2, 0) is 11.3 Å². The molecule has 0 spiro atoms. The number of aromatic nitrogens is 5. The molecule has 3 N–H and O–H groups in total. The molecular weight excluding hydrogens is 292 g/mol. The first-order valence-corrected chi connectivity index (χ1v) is 7.55. The number of nitrogens with zero attached hydrogens (tertiary/aromatic N) is 4. The third-order valence-electron chi connectivity index (χ3n) is 2.98. The van der Waals surface area contributed by atoms with Crippen LogP contribution in [0.15, 0.2) is 21.0 Å². The number of nitrogens with one attached hydrogen (secondary N) is 1. The molecule has 1 saturated carbocycles. The van der Waals surface area contributed by atoms with Crippen LogP contribution < -0.4 is 11.4 Å². The van der Waals surface area contributed by atoms with Gasteiger partial charge in [-0.3, -0.25) is 4.57 Å². The first-order valence-electron chi connectivity index (χ1n) is 6.73. The lowest BCUT2D eigenvalue weighted by Gasteiger charge is -2.06. The number of ether oxygens (including phenoxy) is 1. The van der Waals surface area contributed by atoms with Gasteiger partial charge in [-0.1, -0.05) is 0 Å². The van der Waals surface area contributed by atoms with Crippen LogP contribution in [0.2, 0.25) is 0 Å². The second kappa shape index (κ2) is 5.86. The third kappa shape index (κ3) is 3.24. The molecule has 0 atom stereocenters. The van der Waals surface area contributed by atoms with Crippen molar-refractivity contribution in [3.8, 4) is 0 Å². The molecule has 0 aliphatic heterocycles. The van der Waals surface area contributed by atoms with Gasteiger partial charge >= 0.3 is 5.69 Å². The van der Waals surface area contributed by atoms with Crippen LogP contribution in [-0.4, -0.2) is 31.3 Å². The molecule has 0 radical (unpaired) electrons. The zero-order chi connectivity index (χ0) is 14.8. The topological polar surface area (TPSA) is 112 Å². The Morgan fingerprint density at radius 3 is 3.05 bits per heavy atom. The normalized spacial score (nSPS) is 14.5. The molecule has 0 bridgehead atoms. The molecule has 2 aromatic rings. The number of hydrogen-bond donors (Lipinski definition) is 2. The minimum atomic E-state index is -0.184. The highest BCUT2D eigenvalue weighted by Gasteiger charge is 2.29. The van der Waals surface area contributed by atoms with Gasteiger partial charge < -0.3 is 10.5 Å².